The van der Waals surface area contributed by atoms with Crippen LogP contribution in [0.1, 0.15) is 26.2 Å². The minimum absolute atomic E-state index is 0.0706. The zero-order chi connectivity index (χ0) is 9.84. The standard InChI is InChI=1S/C10H17NO2/c1-3-4-10(13)11-7-9(12)6-5-8(11)2/h3,8-9,12H,1,4-7H2,2H3. The van der Waals surface area contributed by atoms with Crippen LogP contribution in [-0.4, -0.2) is 34.6 Å². The molecule has 1 rings (SSSR count). The fraction of sp³-hybridized carbons (Fsp3) is 0.700. The second kappa shape index (κ2) is 4.42. The van der Waals surface area contributed by atoms with Gasteiger partial charge < -0.3 is 10.0 Å². The first-order valence-corrected chi connectivity index (χ1v) is 4.73. The molecule has 1 N–H and O–H groups in total. The molecular formula is C10H17NO2. The van der Waals surface area contributed by atoms with Crippen LogP contribution in [0.25, 0.3) is 0 Å². The average molecular weight is 183 g/mol. The Morgan fingerprint density at radius 1 is 1.69 bits per heavy atom. The number of aliphatic hydroxyl groups excluding tert-OH is 1. The summed E-state index contributed by atoms with van der Waals surface area (Å²) in [5.41, 5.74) is 0. The maximum atomic E-state index is 11.5. The molecule has 0 aromatic rings. The molecule has 1 aliphatic rings. The Morgan fingerprint density at radius 2 is 2.38 bits per heavy atom. The number of carbonyl (C=O) groups excluding carboxylic acids is 1. The summed E-state index contributed by atoms with van der Waals surface area (Å²) in [5.74, 6) is 0.0706. The summed E-state index contributed by atoms with van der Waals surface area (Å²) in [6.45, 7) is 6.03. The normalized spacial score (nSPS) is 28.6. The molecule has 2 atom stereocenters. The van der Waals surface area contributed by atoms with Gasteiger partial charge in [0.15, 0.2) is 0 Å². The molecule has 0 aliphatic carbocycles. The smallest absolute Gasteiger partial charge is 0.226 e. The maximum Gasteiger partial charge on any atom is 0.226 e. The van der Waals surface area contributed by atoms with Gasteiger partial charge in [-0.25, -0.2) is 0 Å². The zero-order valence-corrected chi connectivity index (χ0v) is 8.07. The third-order valence-electron chi connectivity index (χ3n) is 2.50. The molecule has 0 radical (unpaired) electrons. The number of likely N-dealkylation sites (tertiary alicyclic amines) is 1. The minimum Gasteiger partial charge on any atom is -0.391 e. The molecule has 3 nitrogen and oxygen atoms in total. The third kappa shape index (κ3) is 2.56. The summed E-state index contributed by atoms with van der Waals surface area (Å²) in [7, 11) is 0. The summed E-state index contributed by atoms with van der Waals surface area (Å²) < 4.78 is 0. The van der Waals surface area contributed by atoms with Crippen molar-refractivity contribution in [1.29, 1.82) is 0 Å². The Hall–Kier alpha value is -0.830. The fourth-order valence-electron chi connectivity index (χ4n) is 1.68. The van der Waals surface area contributed by atoms with Crippen LogP contribution in [0, 0.1) is 0 Å². The molecular weight excluding hydrogens is 166 g/mol. The van der Waals surface area contributed by atoms with Crippen LogP contribution in [-0.2, 0) is 4.79 Å². The molecule has 74 valence electrons. The van der Waals surface area contributed by atoms with Crippen molar-refractivity contribution in [2.75, 3.05) is 6.54 Å². The van der Waals surface area contributed by atoms with E-state index in [-0.39, 0.29) is 18.1 Å². The molecule has 1 amide bonds. The molecule has 0 aromatic carbocycles. The highest BCUT2D eigenvalue weighted by Crippen LogP contribution is 2.17. The second-order valence-electron chi connectivity index (χ2n) is 3.62. The summed E-state index contributed by atoms with van der Waals surface area (Å²) >= 11 is 0. The van der Waals surface area contributed by atoms with Crippen molar-refractivity contribution in [1.82, 2.24) is 4.90 Å². The van der Waals surface area contributed by atoms with Crippen molar-refractivity contribution in [3.8, 4) is 0 Å². The highest BCUT2D eigenvalue weighted by molar-refractivity contribution is 5.78. The molecule has 0 aromatic heterocycles. The van der Waals surface area contributed by atoms with Gasteiger partial charge in [-0.05, 0) is 19.8 Å². The zero-order valence-electron chi connectivity index (χ0n) is 8.07. The number of nitrogens with zero attached hydrogens (tertiary/aromatic N) is 1. The van der Waals surface area contributed by atoms with E-state index in [1.165, 1.54) is 0 Å². The number of hydrogen-bond donors (Lipinski definition) is 1. The van der Waals surface area contributed by atoms with Crippen LogP contribution in [0.2, 0.25) is 0 Å². The van der Waals surface area contributed by atoms with Crippen molar-refractivity contribution in [3.63, 3.8) is 0 Å². The molecule has 2 unspecified atom stereocenters. The number of amides is 1. The SMILES string of the molecule is C=CCC(=O)N1CC(O)CCC1C. The maximum absolute atomic E-state index is 11.5. The largest absolute Gasteiger partial charge is 0.391 e. The highest BCUT2D eigenvalue weighted by atomic mass is 16.3. The van der Waals surface area contributed by atoms with Gasteiger partial charge in [-0.2, -0.15) is 0 Å². The van der Waals surface area contributed by atoms with Crippen LogP contribution in [0.3, 0.4) is 0 Å². The molecule has 0 spiro atoms. The van der Waals surface area contributed by atoms with Gasteiger partial charge in [-0.3, -0.25) is 4.79 Å². The lowest BCUT2D eigenvalue weighted by Crippen LogP contribution is -2.47. The van der Waals surface area contributed by atoms with Gasteiger partial charge in [0.25, 0.3) is 0 Å². The van der Waals surface area contributed by atoms with Gasteiger partial charge in [-0.1, -0.05) is 6.08 Å². The van der Waals surface area contributed by atoms with Crippen molar-refractivity contribution in [3.05, 3.63) is 12.7 Å². The molecule has 13 heavy (non-hydrogen) atoms. The first kappa shape index (κ1) is 10.3. The Kier molecular flexibility index (Phi) is 3.48. The highest BCUT2D eigenvalue weighted by Gasteiger charge is 2.26. The summed E-state index contributed by atoms with van der Waals surface area (Å²) in [4.78, 5) is 13.2. The van der Waals surface area contributed by atoms with E-state index in [1.54, 1.807) is 11.0 Å². The molecule has 0 saturated carbocycles. The lowest BCUT2D eigenvalue weighted by molar-refractivity contribution is -0.136. The van der Waals surface area contributed by atoms with Crippen LogP contribution in [0.5, 0.6) is 0 Å². The van der Waals surface area contributed by atoms with E-state index in [9.17, 15) is 9.90 Å². The molecule has 1 fully saturated rings. The summed E-state index contributed by atoms with van der Waals surface area (Å²) in [5, 5.41) is 9.39. The lowest BCUT2D eigenvalue weighted by Gasteiger charge is -2.35. The Morgan fingerprint density at radius 3 is 3.00 bits per heavy atom. The third-order valence-corrected chi connectivity index (χ3v) is 2.50. The van der Waals surface area contributed by atoms with E-state index in [4.69, 9.17) is 0 Å². The minimum atomic E-state index is -0.343. The Balaban J connectivity index is 2.54. The van der Waals surface area contributed by atoms with E-state index < -0.39 is 0 Å². The van der Waals surface area contributed by atoms with Crippen molar-refractivity contribution in [2.24, 2.45) is 0 Å². The van der Waals surface area contributed by atoms with Crippen LogP contribution in [0.15, 0.2) is 12.7 Å². The van der Waals surface area contributed by atoms with E-state index in [2.05, 4.69) is 6.58 Å². The summed E-state index contributed by atoms with van der Waals surface area (Å²) in [6, 6.07) is 0.260. The predicted molar refractivity (Wildman–Crippen MR) is 51.2 cm³/mol. The number of aliphatic hydroxyl groups is 1. The number of hydrogen-bond acceptors (Lipinski definition) is 2. The van der Waals surface area contributed by atoms with Gasteiger partial charge in [0.2, 0.25) is 5.91 Å². The number of β-amino-alcohol motifs (C(OH)–C–C–N with tert-alkyl or cyclic N) is 1. The summed E-state index contributed by atoms with van der Waals surface area (Å²) in [6.07, 6.45) is 3.33. The van der Waals surface area contributed by atoms with Gasteiger partial charge in [-0.15, -0.1) is 6.58 Å². The first-order valence-electron chi connectivity index (χ1n) is 4.73. The van der Waals surface area contributed by atoms with E-state index in [0.29, 0.717) is 13.0 Å². The quantitative estimate of drug-likeness (QED) is 0.647. The van der Waals surface area contributed by atoms with Crippen molar-refractivity contribution < 1.29 is 9.90 Å². The Bertz CT molecular complexity index is 203. The molecule has 3 heteroatoms. The van der Waals surface area contributed by atoms with Gasteiger partial charge >= 0.3 is 0 Å². The van der Waals surface area contributed by atoms with E-state index >= 15 is 0 Å². The van der Waals surface area contributed by atoms with Crippen LogP contribution in [0.4, 0.5) is 0 Å². The number of carbonyl (C=O) groups is 1. The predicted octanol–water partition coefficient (Wildman–Crippen LogP) is 0.934. The second-order valence-corrected chi connectivity index (χ2v) is 3.62. The van der Waals surface area contributed by atoms with E-state index in [0.717, 1.165) is 12.8 Å². The number of piperidine rings is 1. The molecule has 1 saturated heterocycles. The average Bonchev–Trinajstić information content (AvgIpc) is 2.09. The molecule has 0 bridgehead atoms. The van der Waals surface area contributed by atoms with Crippen molar-refractivity contribution in [2.45, 2.75) is 38.3 Å². The van der Waals surface area contributed by atoms with E-state index in [1.807, 2.05) is 6.92 Å². The molecule has 1 heterocycles. The lowest BCUT2D eigenvalue weighted by atomic mass is 10.0. The Labute approximate surface area is 79.0 Å². The van der Waals surface area contributed by atoms with Crippen LogP contribution >= 0.6 is 0 Å². The van der Waals surface area contributed by atoms with Gasteiger partial charge in [0.1, 0.15) is 0 Å². The van der Waals surface area contributed by atoms with Crippen molar-refractivity contribution >= 4 is 5.91 Å². The fourth-order valence-corrected chi connectivity index (χ4v) is 1.68. The topological polar surface area (TPSA) is 40.5 Å². The first-order chi connectivity index (χ1) is 6.15. The van der Waals surface area contributed by atoms with Crippen LogP contribution < -0.4 is 0 Å². The monoisotopic (exact) mass is 183 g/mol. The molecule has 1 aliphatic heterocycles. The van der Waals surface area contributed by atoms with Gasteiger partial charge in [0, 0.05) is 19.0 Å². The van der Waals surface area contributed by atoms with Gasteiger partial charge in [0.05, 0.1) is 6.10 Å². The number of rotatable bonds is 2.